The fourth-order valence-corrected chi connectivity index (χ4v) is 6.11. The molecule has 2 saturated heterocycles. The molecule has 210 valence electrons. The highest BCUT2D eigenvalue weighted by Crippen LogP contribution is 2.37. The highest BCUT2D eigenvalue weighted by molar-refractivity contribution is 5.80. The molecule has 8 nitrogen and oxygen atoms in total. The number of carbonyl (C=O) groups is 1. The number of hydrogen-bond donors (Lipinski definition) is 0. The van der Waals surface area contributed by atoms with Crippen LogP contribution >= 0.6 is 0 Å². The number of amides is 2. The van der Waals surface area contributed by atoms with Crippen LogP contribution in [-0.4, -0.2) is 95.9 Å². The lowest BCUT2D eigenvalue weighted by atomic mass is 9.84. The van der Waals surface area contributed by atoms with Crippen LogP contribution in [0.3, 0.4) is 0 Å². The monoisotopic (exact) mass is 532 g/mol. The van der Waals surface area contributed by atoms with Crippen LogP contribution in [0, 0.1) is 0 Å². The number of rotatable bonds is 7. The van der Waals surface area contributed by atoms with Crippen molar-refractivity contribution in [2.45, 2.75) is 52.2 Å². The van der Waals surface area contributed by atoms with E-state index < -0.39 is 0 Å². The molecule has 0 saturated carbocycles. The first-order chi connectivity index (χ1) is 18.8. The zero-order valence-corrected chi connectivity index (χ0v) is 24.3. The Labute approximate surface area is 233 Å². The van der Waals surface area contributed by atoms with Gasteiger partial charge in [0.15, 0.2) is 0 Å². The van der Waals surface area contributed by atoms with E-state index in [-0.39, 0.29) is 11.6 Å². The maximum atomic E-state index is 12.6. The third kappa shape index (κ3) is 5.50. The van der Waals surface area contributed by atoms with Crippen molar-refractivity contribution in [1.82, 2.24) is 24.3 Å². The van der Waals surface area contributed by atoms with Gasteiger partial charge in [-0.15, -0.1) is 0 Å². The lowest BCUT2D eigenvalue weighted by molar-refractivity contribution is -0.0971. The van der Waals surface area contributed by atoms with Crippen molar-refractivity contribution >= 4 is 17.2 Å². The number of likely N-dealkylation sites (tertiary alicyclic amines) is 1. The molecule has 2 aliphatic rings. The van der Waals surface area contributed by atoms with Gasteiger partial charge in [0, 0.05) is 76.9 Å². The fourth-order valence-electron chi connectivity index (χ4n) is 6.11. The van der Waals surface area contributed by atoms with Gasteiger partial charge in [-0.2, -0.15) is 5.10 Å². The number of nitrogens with zero attached hydrogens (tertiary/aromatic N) is 6. The Bertz CT molecular complexity index is 1260. The van der Waals surface area contributed by atoms with Gasteiger partial charge in [0.05, 0.1) is 11.2 Å². The van der Waals surface area contributed by atoms with Crippen LogP contribution in [0.4, 0.5) is 10.5 Å². The van der Waals surface area contributed by atoms with Crippen molar-refractivity contribution < 1.29 is 9.53 Å². The van der Waals surface area contributed by atoms with Crippen LogP contribution in [0.15, 0.2) is 48.8 Å². The number of aromatic nitrogens is 2. The first-order valence-electron chi connectivity index (χ1n) is 14.6. The highest BCUT2D eigenvalue weighted by atomic mass is 16.5. The summed E-state index contributed by atoms with van der Waals surface area (Å²) in [7, 11) is 1.86. The molecule has 4 heterocycles. The minimum absolute atomic E-state index is 0.113. The van der Waals surface area contributed by atoms with E-state index in [1.165, 1.54) is 11.1 Å². The molecule has 0 bridgehead atoms. The summed E-state index contributed by atoms with van der Waals surface area (Å²) in [6.07, 6.45) is 6.19. The van der Waals surface area contributed by atoms with Crippen LogP contribution in [0.1, 0.15) is 46.1 Å². The topological polar surface area (TPSA) is 56.6 Å². The molecule has 2 amide bonds. The van der Waals surface area contributed by atoms with E-state index in [2.05, 4.69) is 78.3 Å². The summed E-state index contributed by atoms with van der Waals surface area (Å²) in [4.78, 5) is 21.2. The summed E-state index contributed by atoms with van der Waals surface area (Å²) in [6.45, 7) is 15.2. The molecular weight excluding hydrogens is 488 g/mol. The van der Waals surface area contributed by atoms with Gasteiger partial charge in [-0.25, -0.2) is 9.31 Å². The fraction of sp³-hybridized carbons (Fsp3) is 0.548. The number of anilines is 1. The molecule has 0 radical (unpaired) electrons. The summed E-state index contributed by atoms with van der Waals surface area (Å²) in [5, 5.41) is 4.60. The standard InChI is InChI=1S/C31H44N6O2/c1-6-33(5)30(38)35-19-17-34(18-20-35)28-13-15-32-37-22-26(21-29(28)37)25-9-11-27(12-10-25)31(39-7-2)14-8-16-36(23-31)24(3)4/h9-13,15,21-22,24H,6-8,14,16-20,23H2,1-5H3/t31-/m0/s1. The first kappa shape index (κ1) is 27.5. The average Bonchev–Trinajstić information content (AvgIpc) is 3.41. The second kappa shape index (κ2) is 11.6. The summed E-state index contributed by atoms with van der Waals surface area (Å²) >= 11 is 0. The van der Waals surface area contributed by atoms with Gasteiger partial charge < -0.3 is 19.4 Å². The molecular formula is C31H44N6O2. The Hall–Kier alpha value is -3.10. The summed E-state index contributed by atoms with van der Waals surface area (Å²) in [5.41, 5.74) is 5.60. The van der Waals surface area contributed by atoms with Crippen molar-refractivity contribution in [2.75, 3.05) is 64.4 Å². The summed E-state index contributed by atoms with van der Waals surface area (Å²) < 4.78 is 8.44. The number of urea groups is 1. The smallest absolute Gasteiger partial charge is 0.319 e. The average molecular weight is 533 g/mol. The van der Waals surface area contributed by atoms with Crippen molar-refractivity contribution in [3.05, 3.63) is 54.4 Å². The lowest BCUT2D eigenvalue weighted by Gasteiger charge is -2.44. The number of piperazine rings is 1. The molecule has 5 rings (SSSR count). The molecule has 0 unspecified atom stereocenters. The number of ether oxygens (including phenoxy) is 1. The molecule has 0 N–H and O–H groups in total. The Morgan fingerprint density at radius 2 is 1.79 bits per heavy atom. The molecule has 0 aliphatic carbocycles. The number of hydrogen-bond acceptors (Lipinski definition) is 5. The van der Waals surface area contributed by atoms with Crippen LogP contribution in [0.2, 0.25) is 0 Å². The second-order valence-electron chi connectivity index (χ2n) is 11.2. The van der Waals surface area contributed by atoms with Gasteiger partial charge in [-0.05, 0) is 70.3 Å². The number of benzene rings is 1. The van der Waals surface area contributed by atoms with Gasteiger partial charge in [0.2, 0.25) is 0 Å². The van der Waals surface area contributed by atoms with Gasteiger partial charge in [0.25, 0.3) is 0 Å². The molecule has 2 aliphatic heterocycles. The van der Waals surface area contributed by atoms with Crippen LogP contribution in [-0.2, 0) is 10.3 Å². The van der Waals surface area contributed by atoms with Gasteiger partial charge in [-0.3, -0.25) is 4.90 Å². The Kier molecular flexibility index (Phi) is 8.14. The molecule has 2 aromatic heterocycles. The van der Waals surface area contributed by atoms with Crippen LogP contribution < -0.4 is 4.90 Å². The normalized spacial score (nSPS) is 20.7. The van der Waals surface area contributed by atoms with Gasteiger partial charge in [0.1, 0.15) is 5.60 Å². The Morgan fingerprint density at radius 1 is 1.05 bits per heavy atom. The number of fused-ring (bicyclic) bond motifs is 1. The summed E-state index contributed by atoms with van der Waals surface area (Å²) in [6, 6.07) is 13.9. The Balaban J connectivity index is 1.36. The van der Waals surface area contributed by atoms with E-state index in [4.69, 9.17) is 4.74 Å². The minimum atomic E-state index is -0.245. The zero-order valence-electron chi connectivity index (χ0n) is 24.3. The van der Waals surface area contributed by atoms with Gasteiger partial charge >= 0.3 is 6.03 Å². The molecule has 39 heavy (non-hydrogen) atoms. The molecule has 1 atom stereocenters. The number of carbonyl (C=O) groups excluding carboxylic acids is 1. The van der Waals surface area contributed by atoms with E-state index in [1.54, 1.807) is 4.90 Å². The lowest BCUT2D eigenvalue weighted by Crippen LogP contribution is -2.52. The van der Waals surface area contributed by atoms with Crippen molar-refractivity contribution in [3.8, 4) is 11.1 Å². The van der Waals surface area contributed by atoms with Crippen LogP contribution in [0.25, 0.3) is 16.6 Å². The van der Waals surface area contributed by atoms with Crippen molar-refractivity contribution in [1.29, 1.82) is 0 Å². The zero-order chi connectivity index (χ0) is 27.6. The van der Waals surface area contributed by atoms with E-state index in [0.717, 1.165) is 75.4 Å². The van der Waals surface area contributed by atoms with E-state index in [1.807, 2.05) is 29.6 Å². The van der Waals surface area contributed by atoms with Crippen molar-refractivity contribution in [3.63, 3.8) is 0 Å². The number of piperidine rings is 1. The molecule has 0 spiro atoms. The van der Waals surface area contributed by atoms with E-state index >= 15 is 0 Å². The largest absolute Gasteiger partial charge is 0.369 e. The Morgan fingerprint density at radius 3 is 2.46 bits per heavy atom. The minimum Gasteiger partial charge on any atom is -0.369 e. The molecule has 2 fully saturated rings. The van der Waals surface area contributed by atoms with Crippen LogP contribution in [0.5, 0.6) is 0 Å². The maximum absolute atomic E-state index is 12.6. The third-order valence-electron chi connectivity index (χ3n) is 8.56. The van der Waals surface area contributed by atoms with E-state index in [0.29, 0.717) is 12.6 Å². The first-order valence-corrected chi connectivity index (χ1v) is 14.6. The van der Waals surface area contributed by atoms with Gasteiger partial charge in [-0.1, -0.05) is 24.3 Å². The molecule has 3 aromatic rings. The quantitative estimate of drug-likeness (QED) is 0.432. The predicted octanol–water partition coefficient (Wildman–Crippen LogP) is 4.93. The predicted molar refractivity (Wildman–Crippen MR) is 157 cm³/mol. The second-order valence-corrected chi connectivity index (χ2v) is 11.2. The maximum Gasteiger partial charge on any atom is 0.319 e. The van der Waals surface area contributed by atoms with Crippen molar-refractivity contribution in [2.24, 2.45) is 0 Å². The molecule has 8 heteroatoms. The summed E-state index contributed by atoms with van der Waals surface area (Å²) in [5.74, 6) is 0. The molecule has 1 aromatic carbocycles. The highest BCUT2D eigenvalue weighted by Gasteiger charge is 2.38. The third-order valence-corrected chi connectivity index (χ3v) is 8.56. The van der Waals surface area contributed by atoms with E-state index in [9.17, 15) is 4.79 Å². The SMILES string of the molecule is CCO[C@@]1(c2ccc(-c3cc4c(N5CCN(C(=O)N(C)CC)CC5)ccnn4c3)cc2)CCCN(C(C)C)C1.